The highest BCUT2D eigenvalue weighted by atomic mass is 32.2. The first-order chi connectivity index (χ1) is 45.4. The van der Waals surface area contributed by atoms with Crippen LogP contribution < -0.4 is 65.6 Å². The molecule has 0 atom stereocenters. The maximum atomic E-state index is 13.1. The lowest BCUT2D eigenvalue weighted by Gasteiger charge is -2.33. The summed E-state index contributed by atoms with van der Waals surface area (Å²) in [5, 5.41) is 0. The van der Waals surface area contributed by atoms with Crippen molar-refractivity contribution in [2.45, 2.75) is 57.1 Å². The maximum Gasteiger partial charge on any atom is 0.247 e. The minimum absolute atomic E-state index is 0.0222. The Kier molecular flexibility index (Phi) is 13.9. The van der Waals surface area contributed by atoms with Crippen molar-refractivity contribution in [2.75, 3.05) is 0 Å². The Labute approximate surface area is 560 Å². The average molecular weight is 1260 g/mol. The predicted octanol–water partition coefficient (Wildman–Crippen LogP) is 9.70. The molecule has 20 rings (SSSR count). The predicted molar refractivity (Wildman–Crippen MR) is 392 cm³/mol. The van der Waals surface area contributed by atoms with Gasteiger partial charge in [-0.15, -0.1) is 0 Å². The van der Waals surface area contributed by atoms with Gasteiger partial charge >= 0.3 is 0 Å². The van der Waals surface area contributed by atoms with Crippen LogP contribution in [0.5, 0.6) is 0 Å². The van der Waals surface area contributed by atoms with Gasteiger partial charge in [-0.25, -0.2) is 0 Å². The zero-order valence-electron chi connectivity index (χ0n) is 51.2. The van der Waals surface area contributed by atoms with Crippen molar-refractivity contribution in [3.05, 3.63) is 321 Å². The van der Waals surface area contributed by atoms with Crippen molar-refractivity contribution in [3.63, 3.8) is 0 Å². The molecule has 0 unspecified atom stereocenters. The second kappa shape index (κ2) is 22.5. The summed E-state index contributed by atoms with van der Waals surface area (Å²) in [6.07, 6.45) is 0. The second-order valence-electron chi connectivity index (χ2n) is 25.2. The maximum absolute atomic E-state index is 13.1. The first kappa shape index (κ1) is 57.6. The number of ketones is 4. The van der Waals surface area contributed by atoms with Gasteiger partial charge in [-0.05, 0) is 144 Å². The summed E-state index contributed by atoms with van der Waals surface area (Å²) >= 11 is 11.4. The van der Waals surface area contributed by atoms with E-state index in [4.69, 9.17) is 12.2 Å². The highest BCUT2D eigenvalue weighted by Crippen LogP contribution is 2.39. The van der Waals surface area contributed by atoms with Crippen LogP contribution in [0.4, 0.5) is 0 Å². The second-order valence-corrected chi connectivity index (χ2v) is 28.8. The molecule has 4 nitrogen and oxygen atoms in total. The molecule has 8 heterocycles. The SMILES string of the molecule is Cc1cc2c3c(c1)C(=O)c1ccccc1B3c1ccccc1C2=O.Cc1cc2c3c(c1)C(=O)c1ccccc1B3c1ccccc1S2.Cc1cc2c3c(c1)C(=S)c1ccccc1B3c1ccccc1C2=O.Cc1cc2c3c(c1)Sc1ccccc1B3c1ccccc1S2. The van der Waals surface area contributed by atoms with Gasteiger partial charge < -0.3 is 0 Å². The van der Waals surface area contributed by atoms with E-state index in [1.54, 1.807) is 11.8 Å². The van der Waals surface area contributed by atoms with Gasteiger partial charge in [0.05, 0.1) is 4.86 Å². The summed E-state index contributed by atoms with van der Waals surface area (Å²) in [4.78, 5) is 61.1. The van der Waals surface area contributed by atoms with E-state index >= 15 is 0 Å². The smallest absolute Gasteiger partial charge is 0.247 e. The molecule has 12 aromatic carbocycles. The lowest BCUT2D eigenvalue weighted by Crippen LogP contribution is -2.63. The van der Waals surface area contributed by atoms with Gasteiger partial charge in [0.2, 0.25) is 26.9 Å². The van der Waals surface area contributed by atoms with Gasteiger partial charge in [-0.1, -0.05) is 273 Å². The molecule has 0 saturated heterocycles. The topological polar surface area (TPSA) is 68.3 Å². The molecule has 0 aromatic heterocycles. The highest BCUT2D eigenvalue weighted by Gasteiger charge is 2.45. The van der Waals surface area contributed by atoms with E-state index < -0.39 is 0 Å². The number of carbonyl (C=O) groups excluding carboxylic acids is 4. The van der Waals surface area contributed by atoms with E-state index in [2.05, 4.69) is 147 Å². The van der Waals surface area contributed by atoms with Crippen LogP contribution in [0.2, 0.25) is 0 Å². The van der Waals surface area contributed by atoms with Crippen LogP contribution >= 0.6 is 47.5 Å². The number of aryl methyl sites for hydroxylation is 4. The van der Waals surface area contributed by atoms with Gasteiger partial charge in [-0.3, -0.25) is 19.2 Å². The lowest BCUT2D eigenvalue weighted by atomic mass is 9.30. The molecule has 12 aromatic rings. The van der Waals surface area contributed by atoms with E-state index in [1.807, 2.05) is 147 Å². The van der Waals surface area contributed by atoms with Crippen molar-refractivity contribution in [1.82, 2.24) is 0 Å². The Morgan fingerprint density at radius 3 is 0.849 bits per heavy atom. The van der Waals surface area contributed by atoms with Crippen molar-refractivity contribution in [2.24, 2.45) is 0 Å². The third kappa shape index (κ3) is 9.15. The zero-order chi connectivity index (χ0) is 63.1. The number of thiocarbonyl (C=S) groups is 1. The molecule has 0 aliphatic carbocycles. The van der Waals surface area contributed by atoms with Crippen molar-refractivity contribution in [3.8, 4) is 0 Å². The van der Waals surface area contributed by atoms with Crippen molar-refractivity contribution >= 4 is 168 Å². The summed E-state index contributed by atoms with van der Waals surface area (Å²) < 4.78 is 0. The molecule has 0 amide bonds. The van der Waals surface area contributed by atoms with E-state index in [-0.39, 0.29) is 43.3 Å². The normalized spacial score (nSPS) is 14.1. The number of benzene rings is 12. The van der Waals surface area contributed by atoms with Gasteiger partial charge in [0.15, 0.2) is 23.1 Å². The highest BCUT2D eigenvalue weighted by molar-refractivity contribution is 8.01. The molecular formula is C81H52B4O4S4. The first-order valence-corrected chi connectivity index (χ1v) is 34.3. The van der Waals surface area contributed by atoms with Crippen LogP contribution in [0.25, 0.3) is 0 Å². The zero-order valence-corrected chi connectivity index (χ0v) is 54.4. The molecule has 0 saturated carbocycles. The van der Waals surface area contributed by atoms with Crippen LogP contribution in [0, 0.1) is 27.7 Å². The molecule has 12 heteroatoms. The number of fused-ring (bicyclic) bond motifs is 16. The summed E-state index contributed by atoms with van der Waals surface area (Å²) in [7, 11) is 0. The minimum Gasteiger partial charge on any atom is -0.289 e. The van der Waals surface area contributed by atoms with Gasteiger partial charge in [0, 0.05) is 73.9 Å². The number of hydrogen-bond donors (Lipinski definition) is 0. The lowest BCUT2D eigenvalue weighted by molar-refractivity contribution is 0.102. The third-order valence-corrected chi connectivity index (χ3v) is 23.4. The first-order valence-electron chi connectivity index (χ1n) is 31.4. The molecule has 0 N–H and O–H groups in total. The van der Waals surface area contributed by atoms with Crippen molar-refractivity contribution in [1.29, 1.82) is 0 Å². The number of carbonyl (C=O) groups is 4. The molecule has 8 aliphatic heterocycles. The number of rotatable bonds is 0. The molecule has 93 heavy (non-hydrogen) atoms. The number of hydrogen-bond acceptors (Lipinski definition) is 8. The summed E-state index contributed by atoms with van der Waals surface area (Å²) in [6, 6.07) is 83.2. The van der Waals surface area contributed by atoms with Gasteiger partial charge in [-0.2, -0.15) is 0 Å². The van der Waals surface area contributed by atoms with Crippen molar-refractivity contribution < 1.29 is 19.2 Å². The molecule has 0 bridgehead atoms. The summed E-state index contributed by atoms with van der Waals surface area (Å²) in [5.74, 6) is 0.323. The summed E-state index contributed by atoms with van der Waals surface area (Å²) in [6.45, 7) is 8.85. The van der Waals surface area contributed by atoms with Crippen LogP contribution in [-0.4, -0.2) is 54.8 Å². The van der Waals surface area contributed by atoms with E-state index in [0.717, 1.165) is 98.8 Å². The van der Waals surface area contributed by atoms with Crippen LogP contribution in [0.15, 0.2) is 272 Å². The minimum atomic E-state index is -0.0431. The fourth-order valence-corrected chi connectivity index (χ4v) is 19.9. The fourth-order valence-electron chi connectivity index (χ4n) is 15.7. The van der Waals surface area contributed by atoms with E-state index in [0.29, 0.717) is 17.8 Å². The Hall–Kier alpha value is -9.28. The molecular weight excluding hydrogens is 1210 g/mol. The van der Waals surface area contributed by atoms with Crippen LogP contribution in [-0.2, 0) is 0 Å². The standard InChI is InChI=1S/C21H13BO2.C21H13BOS.C20H13BOS.C19H13BS2/c2*1-12-10-15-19-16(11-12)21(24)14-7-3-5-9-18(14)22(19)17-8-4-2-6-13(17)20(15)23;1-12-10-14-19-18(11-12)23-17-9-5-4-8-16(17)21(19)15-7-3-2-6-13(15)20(14)22;1-12-10-17-19-18(11-12)22-16-9-5-3-7-14(16)20(19)13-6-2-4-8-15(13)21-17/h2*2-11H,1H3;2-11H,1H3;2-11H,1H3. The fraction of sp³-hybridized carbons (Fsp3) is 0.0494. The van der Waals surface area contributed by atoms with E-state index in [9.17, 15) is 19.2 Å². The van der Waals surface area contributed by atoms with Crippen LogP contribution in [0.3, 0.4) is 0 Å². The third-order valence-electron chi connectivity index (χ3n) is 19.5. The Balaban J connectivity index is 0.0000000947. The largest absolute Gasteiger partial charge is 0.289 e. The molecule has 0 radical (unpaired) electrons. The van der Waals surface area contributed by atoms with Gasteiger partial charge in [0.25, 0.3) is 0 Å². The average Bonchev–Trinajstić information content (AvgIpc) is 0.742. The Bertz CT molecular complexity index is 4960. The molecule has 436 valence electrons. The van der Waals surface area contributed by atoms with Crippen LogP contribution in [0.1, 0.15) is 97.1 Å². The quantitative estimate of drug-likeness (QED) is 0.110. The molecule has 0 fully saturated rings. The van der Waals surface area contributed by atoms with E-state index in [1.165, 1.54) is 67.7 Å². The Morgan fingerprint density at radius 2 is 0.473 bits per heavy atom. The summed E-state index contributed by atoms with van der Waals surface area (Å²) in [5.41, 5.74) is 27.2. The molecule has 8 aliphatic rings. The molecule has 0 spiro atoms. The Morgan fingerprint density at radius 1 is 0.237 bits per heavy atom. The monoisotopic (exact) mass is 1260 g/mol. The van der Waals surface area contributed by atoms with Gasteiger partial charge in [0.1, 0.15) is 0 Å².